The van der Waals surface area contributed by atoms with Crippen molar-refractivity contribution >= 4 is 29.4 Å². The van der Waals surface area contributed by atoms with Gasteiger partial charge in [-0.2, -0.15) is 0 Å². The van der Waals surface area contributed by atoms with Crippen molar-refractivity contribution in [3.05, 3.63) is 68.8 Å². The van der Waals surface area contributed by atoms with Gasteiger partial charge < -0.3 is 40.0 Å². The highest BCUT2D eigenvalue weighted by Crippen LogP contribution is 2.55. The van der Waals surface area contributed by atoms with Gasteiger partial charge in [-0.1, -0.05) is 6.07 Å². The molecule has 0 spiro atoms. The van der Waals surface area contributed by atoms with E-state index in [2.05, 4.69) is 10.1 Å². The number of aliphatic hydroxyl groups is 2. The van der Waals surface area contributed by atoms with Gasteiger partial charge in [0.25, 0.3) is 5.91 Å². The number of phenolic OH excluding ortho intramolecular Hbond substituents is 2. The Hall–Kier alpha value is -5.27. The fourth-order valence-electron chi connectivity index (χ4n) is 5.68. The van der Waals surface area contributed by atoms with Gasteiger partial charge in [0.05, 0.1) is 30.9 Å². The number of carbonyl (C=O) groups is 5. The maximum atomic E-state index is 13.8. The third-order valence-electron chi connectivity index (χ3n) is 7.67. The van der Waals surface area contributed by atoms with E-state index >= 15 is 0 Å². The molecule has 0 bridgehead atoms. The van der Waals surface area contributed by atoms with Gasteiger partial charge in [-0.15, -0.1) is 0 Å². The lowest BCUT2D eigenvalue weighted by atomic mass is 9.74. The Labute approximate surface area is 249 Å². The van der Waals surface area contributed by atoms with Crippen molar-refractivity contribution in [2.45, 2.75) is 39.0 Å². The first-order chi connectivity index (χ1) is 20.7. The van der Waals surface area contributed by atoms with Gasteiger partial charge in [-0.05, 0) is 42.7 Å². The molecule has 0 heterocycles. The summed E-state index contributed by atoms with van der Waals surface area (Å²) >= 11 is 0. The monoisotopic (exact) mass is 605 g/mol. The fourth-order valence-corrected chi connectivity index (χ4v) is 5.68. The molecule has 44 heavy (non-hydrogen) atoms. The van der Waals surface area contributed by atoms with Gasteiger partial charge in [0, 0.05) is 35.2 Å². The molecule has 3 aromatic carbocycles. The van der Waals surface area contributed by atoms with Crippen LogP contribution in [0.5, 0.6) is 23.0 Å². The number of aryl methyl sites for hydroxylation is 1. The van der Waals surface area contributed by atoms with Crippen molar-refractivity contribution in [1.82, 2.24) is 5.32 Å². The Kier molecular flexibility index (Phi) is 7.40. The number of fused-ring (bicyclic) bond motifs is 5. The smallest absolute Gasteiger partial charge is 0.328 e. The number of aliphatic hydroxyl groups excluding tert-OH is 2. The normalized spacial score (nSPS) is 17.0. The largest absolute Gasteiger partial charge is 0.507 e. The van der Waals surface area contributed by atoms with Crippen LogP contribution in [0.15, 0.2) is 24.3 Å². The van der Waals surface area contributed by atoms with Crippen LogP contribution in [0.3, 0.4) is 0 Å². The standard InChI is InChI=1S/C31H27NO12/c1-10-6-14-22(29(44-12(3)33)19(10)30(40)32-11(2)31(41)43-5)21-16(27(38)26(14)37)9-17-23(28(21)39)25(36)15-7-13(42-4)8-18(34)20(15)24(17)35/h6-9,11,26-27,34,37-39H,1-5H3,(H,32,40)/t11-,26+,27+/m1/s1. The van der Waals surface area contributed by atoms with Gasteiger partial charge in [0.1, 0.15) is 35.5 Å². The summed E-state index contributed by atoms with van der Waals surface area (Å²) in [7, 11) is 2.42. The summed E-state index contributed by atoms with van der Waals surface area (Å²) in [4.78, 5) is 65.1. The summed E-state index contributed by atoms with van der Waals surface area (Å²) in [5, 5.41) is 47.0. The Bertz CT molecular complexity index is 1830. The molecule has 0 aliphatic heterocycles. The van der Waals surface area contributed by atoms with Crippen LogP contribution in [0.1, 0.15) is 84.9 Å². The summed E-state index contributed by atoms with van der Waals surface area (Å²) < 4.78 is 15.3. The molecule has 5 rings (SSSR count). The van der Waals surface area contributed by atoms with E-state index in [-0.39, 0.29) is 55.8 Å². The number of hydrogen-bond acceptors (Lipinski definition) is 12. The molecule has 0 unspecified atom stereocenters. The number of nitrogens with one attached hydrogen (secondary N) is 1. The van der Waals surface area contributed by atoms with E-state index in [1.54, 1.807) is 0 Å². The van der Waals surface area contributed by atoms with Crippen LogP contribution in [0.25, 0.3) is 11.1 Å². The van der Waals surface area contributed by atoms with E-state index in [1.165, 1.54) is 33.1 Å². The molecule has 0 saturated heterocycles. The molecule has 0 saturated carbocycles. The second-order valence-corrected chi connectivity index (χ2v) is 10.4. The summed E-state index contributed by atoms with van der Waals surface area (Å²) in [6.45, 7) is 3.88. The van der Waals surface area contributed by atoms with E-state index in [0.717, 1.165) is 26.2 Å². The van der Waals surface area contributed by atoms with Gasteiger partial charge in [0.2, 0.25) is 0 Å². The summed E-state index contributed by atoms with van der Waals surface area (Å²) in [5.41, 5.74) is -2.27. The number of benzene rings is 3. The highest BCUT2D eigenvalue weighted by Gasteiger charge is 2.43. The third-order valence-corrected chi connectivity index (χ3v) is 7.67. The number of hydrogen-bond donors (Lipinski definition) is 5. The van der Waals surface area contributed by atoms with Crippen LogP contribution in [-0.4, -0.2) is 70.1 Å². The second-order valence-electron chi connectivity index (χ2n) is 10.4. The topological polar surface area (TPSA) is 206 Å². The molecular formula is C31H27NO12. The number of ketones is 2. The van der Waals surface area contributed by atoms with Crippen LogP contribution in [0.2, 0.25) is 0 Å². The van der Waals surface area contributed by atoms with Gasteiger partial charge >= 0.3 is 11.9 Å². The minimum atomic E-state index is -1.74. The molecule has 1 amide bonds. The minimum absolute atomic E-state index is 0.0548. The molecular weight excluding hydrogens is 578 g/mol. The summed E-state index contributed by atoms with van der Waals surface area (Å²) in [5.74, 6) is -5.95. The van der Waals surface area contributed by atoms with E-state index in [0.29, 0.717) is 0 Å². The summed E-state index contributed by atoms with van der Waals surface area (Å²) in [6.07, 6.45) is -3.44. The van der Waals surface area contributed by atoms with Crippen LogP contribution >= 0.6 is 0 Å². The Morgan fingerprint density at radius 2 is 1.45 bits per heavy atom. The third kappa shape index (κ3) is 4.44. The maximum Gasteiger partial charge on any atom is 0.328 e. The van der Waals surface area contributed by atoms with E-state index in [1.807, 2.05) is 0 Å². The molecule has 3 aromatic rings. The number of ether oxygens (including phenoxy) is 3. The van der Waals surface area contributed by atoms with Crippen LogP contribution < -0.4 is 14.8 Å². The van der Waals surface area contributed by atoms with Crippen molar-refractivity contribution < 1.29 is 58.6 Å². The molecule has 5 N–H and O–H groups in total. The van der Waals surface area contributed by atoms with Crippen molar-refractivity contribution in [3.63, 3.8) is 0 Å². The highest BCUT2D eigenvalue weighted by molar-refractivity contribution is 6.31. The van der Waals surface area contributed by atoms with Crippen molar-refractivity contribution in [2.75, 3.05) is 14.2 Å². The maximum absolute atomic E-state index is 13.8. The molecule has 3 atom stereocenters. The Balaban J connectivity index is 1.83. The lowest BCUT2D eigenvalue weighted by molar-refractivity contribution is -0.142. The molecule has 2 aliphatic rings. The number of rotatable bonds is 5. The van der Waals surface area contributed by atoms with E-state index in [9.17, 15) is 44.4 Å². The number of aromatic hydroxyl groups is 2. The first-order valence-corrected chi connectivity index (χ1v) is 13.2. The zero-order valence-electron chi connectivity index (χ0n) is 24.1. The van der Waals surface area contributed by atoms with Crippen molar-refractivity contribution in [1.29, 1.82) is 0 Å². The predicted molar refractivity (Wildman–Crippen MR) is 150 cm³/mol. The number of methoxy groups -OCH3 is 2. The Morgan fingerprint density at radius 1 is 0.864 bits per heavy atom. The number of amides is 1. The first kappa shape index (κ1) is 30.2. The molecule has 228 valence electrons. The molecule has 13 nitrogen and oxygen atoms in total. The van der Waals surface area contributed by atoms with Crippen LogP contribution in [-0.2, 0) is 14.3 Å². The van der Waals surface area contributed by atoms with Gasteiger partial charge in [-0.25, -0.2) is 4.79 Å². The van der Waals surface area contributed by atoms with Gasteiger partial charge in [0.15, 0.2) is 17.3 Å². The quantitative estimate of drug-likeness (QED) is 0.164. The number of carbonyl (C=O) groups excluding carboxylic acids is 5. The Morgan fingerprint density at radius 3 is 2.05 bits per heavy atom. The second kappa shape index (κ2) is 10.8. The van der Waals surface area contributed by atoms with Crippen LogP contribution in [0.4, 0.5) is 0 Å². The summed E-state index contributed by atoms with van der Waals surface area (Å²) in [6, 6.07) is 3.68. The molecule has 13 heteroatoms. The average Bonchev–Trinajstić information content (AvgIpc) is 2.97. The van der Waals surface area contributed by atoms with E-state index < -0.39 is 70.5 Å². The lowest BCUT2D eigenvalue weighted by Crippen LogP contribution is -2.39. The highest BCUT2D eigenvalue weighted by atomic mass is 16.5. The fraction of sp³-hybridized carbons (Fsp3) is 0.258. The first-order valence-electron chi connectivity index (χ1n) is 13.2. The number of esters is 2. The van der Waals surface area contributed by atoms with Gasteiger partial charge in [-0.3, -0.25) is 19.2 Å². The average molecular weight is 606 g/mol. The SMILES string of the molecule is COC(=O)[C@@H](C)NC(=O)c1c(C)cc2c(c1OC(C)=O)-c1c(cc3c(c1O)C(=O)c1cc(OC)cc(O)c1C3=O)[C@H](O)[C@H]2O. The molecule has 0 fully saturated rings. The zero-order chi connectivity index (χ0) is 32.4. The lowest BCUT2D eigenvalue weighted by Gasteiger charge is -2.34. The molecule has 0 radical (unpaired) electrons. The van der Waals surface area contributed by atoms with Crippen LogP contribution in [0, 0.1) is 6.92 Å². The molecule has 2 aliphatic carbocycles. The number of phenols is 2. The predicted octanol–water partition coefficient (Wildman–Crippen LogP) is 2.15. The van der Waals surface area contributed by atoms with E-state index in [4.69, 9.17) is 9.47 Å². The minimum Gasteiger partial charge on any atom is -0.507 e. The zero-order valence-corrected chi connectivity index (χ0v) is 24.1. The van der Waals surface area contributed by atoms with Crippen molar-refractivity contribution in [3.8, 4) is 34.1 Å². The molecule has 0 aromatic heterocycles. The van der Waals surface area contributed by atoms with Crippen molar-refractivity contribution in [2.24, 2.45) is 0 Å².